The number of fused-ring (bicyclic) bond motifs is 1. The number of nitrogens with one attached hydrogen (secondary N) is 1. The van der Waals surface area contributed by atoms with Gasteiger partial charge in [-0.15, -0.1) is 0 Å². The monoisotopic (exact) mass is 589 g/mol. The Morgan fingerprint density at radius 2 is 1.67 bits per heavy atom. The first kappa shape index (κ1) is 30.9. The van der Waals surface area contributed by atoms with Crippen LogP contribution < -0.4 is 10.1 Å². The van der Waals surface area contributed by atoms with Crippen molar-refractivity contribution in [2.24, 2.45) is 5.92 Å². The molecule has 2 aliphatic rings. The van der Waals surface area contributed by atoms with Gasteiger partial charge in [-0.2, -0.15) is 0 Å². The minimum Gasteiger partial charge on any atom is -0.485 e. The molecule has 42 heavy (non-hydrogen) atoms. The maximum atomic E-state index is 6.78. The Morgan fingerprint density at radius 3 is 2.38 bits per heavy atom. The molecule has 0 amide bonds. The van der Waals surface area contributed by atoms with Crippen molar-refractivity contribution in [1.29, 1.82) is 0 Å². The lowest BCUT2D eigenvalue weighted by Crippen LogP contribution is -2.51. The first-order valence-electron chi connectivity index (χ1n) is 15.7. The normalized spacial score (nSPS) is 20.5. The van der Waals surface area contributed by atoms with Gasteiger partial charge < -0.3 is 19.5 Å². The van der Waals surface area contributed by atoms with E-state index in [1.165, 1.54) is 43.2 Å². The van der Waals surface area contributed by atoms with Gasteiger partial charge >= 0.3 is 0 Å². The molecule has 1 aliphatic heterocycles. The predicted molar refractivity (Wildman–Crippen MR) is 174 cm³/mol. The van der Waals surface area contributed by atoms with Crippen LogP contribution in [0.5, 0.6) is 5.75 Å². The van der Waals surface area contributed by atoms with Crippen molar-refractivity contribution in [2.45, 2.75) is 110 Å². The topological polar surface area (TPSA) is 39.7 Å². The second-order valence-corrected chi connectivity index (χ2v) is 14.1. The fourth-order valence-corrected chi connectivity index (χ4v) is 6.50. The van der Waals surface area contributed by atoms with E-state index in [4.69, 9.17) is 25.8 Å². The van der Waals surface area contributed by atoms with E-state index < -0.39 is 5.60 Å². The summed E-state index contributed by atoms with van der Waals surface area (Å²) in [7, 11) is 0. The Kier molecular flexibility index (Phi) is 9.87. The van der Waals surface area contributed by atoms with Crippen LogP contribution in [0.1, 0.15) is 102 Å². The predicted octanol–water partition coefficient (Wildman–Crippen LogP) is 10.0. The molecule has 226 valence electrons. The molecule has 5 heteroatoms. The minimum atomic E-state index is -0.565. The van der Waals surface area contributed by atoms with Gasteiger partial charge in [0.1, 0.15) is 23.6 Å². The highest BCUT2D eigenvalue weighted by Crippen LogP contribution is 2.45. The third kappa shape index (κ3) is 7.89. The third-order valence-electron chi connectivity index (χ3n) is 8.83. The van der Waals surface area contributed by atoms with E-state index in [0.29, 0.717) is 11.6 Å². The van der Waals surface area contributed by atoms with Gasteiger partial charge in [0, 0.05) is 29.4 Å². The summed E-state index contributed by atoms with van der Waals surface area (Å²) in [6.45, 7) is 12.9. The smallest absolute Gasteiger partial charge is 0.132 e. The Balaban J connectivity index is 1.35. The molecule has 0 spiro atoms. The lowest BCUT2D eigenvalue weighted by Gasteiger charge is -2.44. The number of hydrogen-bond acceptors (Lipinski definition) is 4. The summed E-state index contributed by atoms with van der Waals surface area (Å²) in [5, 5.41) is 4.34. The molecule has 2 atom stereocenters. The van der Waals surface area contributed by atoms with E-state index >= 15 is 0 Å². The van der Waals surface area contributed by atoms with E-state index in [1.54, 1.807) is 0 Å². The Morgan fingerprint density at radius 1 is 0.905 bits per heavy atom. The molecule has 0 saturated heterocycles. The van der Waals surface area contributed by atoms with Crippen LogP contribution in [0.25, 0.3) is 0 Å². The maximum absolute atomic E-state index is 6.78. The van der Waals surface area contributed by atoms with E-state index in [-0.39, 0.29) is 17.6 Å². The molecule has 0 bridgehead atoms. The number of anilines is 1. The average Bonchev–Trinajstić information content (AvgIpc) is 2.95. The lowest BCUT2D eigenvalue weighted by molar-refractivity contribution is -0.168. The summed E-state index contributed by atoms with van der Waals surface area (Å²) >= 11 is 6.27. The van der Waals surface area contributed by atoms with Crippen LogP contribution in [0.4, 0.5) is 5.69 Å². The second kappa shape index (κ2) is 13.4. The van der Waals surface area contributed by atoms with Crippen molar-refractivity contribution in [3.63, 3.8) is 0 Å². The van der Waals surface area contributed by atoms with Crippen molar-refractivity contribution in [3.05, 3.63) is 94.0 Å². The number of hydrogen-bond donors (Lipinski definition) is 1. The van der Waals surface area contributed by atoms with Crippen molar-refractivity contribution in [1.82, 2.24) is 0 Å². The minimum absolute atomic E-state index is 0.148. The Labute approximate surface area is 258 Å². The standard InChI is InChI=1S/C37H48ClNO3/c1-36(2,3)29-16-14-27(15-17-29)24-39-31-18-19-33-32(23-31)34(40-21-20-26-10-7-6-8-11-26)35(37(4,5)42-33)41-25-28-12-9-13-30(38)22-28/h9,12-19,22-23,26,34-35,39H,6-8,10-11,20-21,24-25H2,1-5H3. The highest BCUT2D eigenvalue weighted by atomic mass is 35.5. The molecule has 1 aliphatic carbocycles. The van der Waals surface area contributed by atoms with Crippen molar-refractivity contribution in [3.8, 4) is 5.75 Å². The fourth-order valence-electron chi connectivity index (χ4n) is 6.29. The number of halogens is 1. The van der Waals surface area contributed by atoms with E-state index in [9.17, 15) is 0 Å². The third-order valence-corrected chi connectivity index (χ3v) is 9.07. The van der Waals surface area contributed by atoms with Gasteiger partial charge in [0.2, 0.25) is 0 Å². The first-order valence-corrected chi connectivity index (χ1v) is 16.1. The first-order chi connectivity index (χ1) is 20.1. The zero-order valence-electron chi connectivity index (χ0n) is 26.0. The van der Waals surface area contributed by atoms with Crippen LogP contribution in [-0.2, 0) is 28.0 Å². The largest absolute Gasteiger partial charge is 0.485 e. The van der Waals surface area contributed by atoms with Gasteiger partial charge in [-0.05, 0) is 78.6 Å². The summed E-state index contributed by atoms with van der Waals surface area (Å²) in [5.74, 6) is 1.62. The van der Waals surface area contributed by atoms with Crippen molar-refractivity contribution in [2.75, 3.05) is 11.9 Å². The highest BCUT2D eigenvalue weighted by molar-refractivity contribution is 6.30. The molecule has 0 radical (unpaired) electrons. The molecule has 1 saturated carbocycles. The number of benzene rings is 3. The van der Waals surface area contributed by atoms with Gasteiger partial charge in [-0.3, -0.25) is 0 Å². The van der Waals surface area contributed by atoms with E-state index in [1.807, 2.05) is 24.3 Å². The molecule has 2 unspecified atom stereocenters. The molecule has 1 fully saturated rings. The summed E-state index contributed by atoms with van der Waals surface area (Å²) in [6.07, 6.45) is 7.27. The van der Waals surface area contributed by atoms with Crippen molar-refractivity contribution < 1.29 is 14.2 Å². The maximum Gasteiger partial charge on any atom is 0.132 e. The van der Waals surface area contributed by atoms with Crippen LogP contribution in [0.15, 0.2) is 66.7 Å². The number of rotatable bonds is 10. The molecular formula is C37H48ClNO3. The summed E-state index contributed by atoms with van der Waals surface area (Å²) in [6, 6.07) is 23.1. The molecule has 4 nitrogen and oxygen atoms in total. The highest BCUT2D eigenvalue weighted by Gasteiger charge is 2.45. The van der Waals surface area contributed by atoms with Crippen LogP contribution in [0.2, 0.25) is 5.02 Å². The summed E-state index contributed by atoms with van der Waals surface area (Å²) in [4.78, 5) is 0. The lowest BCUT2D eigenvalue weighted by atomic mass is 9.86. The van der Waals surface area contributed by atoms with Gasteiger partial charge in [-0.25, -0.2) is 0 Å². The molecule has 1 N–H and O–H groups in total. The van der Waals surface area contributed by atoms with E-state index in [2.05, 4.69) is 82.4 Å². The SMILES string of the molecule is CC(C)(C)c1ccc(CNc2ccc3c(c2)C(OCCC2CCCCC2)C(OCc2cccc(Cl)c2)C(C)(C)O3)cc1. The fraction of sp³-hybridized carbons (Fsp3) is 0.514. The quantitative estimate of drug-likeness (QED) is 0.255. The van der Waals surface area contributed by atoms with Crippen LogP contribution in [0, 0.1) is 5.92 Å². The summed E-state index contributed by atoms with van der Waals surface area (Å²) < 4.78 is 20.0. The molecule has 3 aromatic rings. The zero-order valence-corrected chi connectivity index (χ0v) is 26.8. The van der Waals surface area contributed by atoms with Gasteiger partial charge in [0.05, 0.1) is 6.61 Å². The van der Waals surface area contributed by atoms with Crippen LogP contribution in [-0.4, -0.2) is 18.3 Å². The van der Waals surface area contributed by atoms with Gasteiger partial charge in [0.25, 0.3) is 0 Å². The zero-order chi connectivity index (χ0) is 29.7. The average molecular weight is 590 g/mol. The Hall–Kier alpha value is -2.53. The molecule has 0 aromatic heterocycles. The van der Waals surface area contributed by atoms with E-state index in [0.717, 1.165) is 48.1 Å². The second-order valence-electron chi connectivity index (χ2n) is 13.7. The van der Waals surface area contributed by atoms with Gasteiger partial charge in [-0.1, -0.05) is 101 Å². The Bertz CT molecular complexity index is 1310. The van der Waals surface area contributed by atoms with Gasteiger partial charge in [0.15, 0.2) is 0 Å². The van der Waals surface area contributed by atoms with Crippen molar-refractivity contribution >= 4 is 17.3 Å². The summed E-state index contributed by atoms with van der Waals surface area (Å²) in [5.41, 5.74) is 5.31. The molecule has 1 heterocycles. The molecular weight excluding hydrogens is 542 g/mol. The number of ether oxygens (including phenoxy) is 3. The van der Waals surface area contributed by atoms with Crippen LogP contribution >= 0.6 is 11.6 Å². The molecule has 3 aromatic carbocycles. The van der Waals surface area contributed by atoms with Crippen LogP contribution in [0.3, 0.4) is 0 Å². The molecule has 5 rings (SSSR count).